The standard InChI is InChI=1S/C18H26N2O/c1-2-15-3-5-16(6-4-15)13-17(21)20-11-8-18(9-12-20)7-10-19-14-18/h3-6,19H,2,7-14H2,1H3. The highest BCUT2D eigenvalue weighted by molar-refractivity contribution is 5.78. The van der Waals surface area contributed by atoms with E-state index in [9.17, 15) is 4.79 Å². The highest BCUT2D eigenvalue weighted by Crippen LogP contribution is 2.36. The van der Waals surface area contributed by atoms with Crippen LogP contribution in [0.3, 0.4) is 0 Å². The van der Waals surface area contributed by atoms with Gasteiger partial charge in [0.2, 0.25) is 5.91 Å². The van der Waals surface area contributed by atoms with Gasteiger partial charge < -0.3 is 10.2 Å². The number of hydrogen-bond acceptors (Lipinski definition) is 2. The van der Waals surface area contributed by atoms with Crippen LogP contribution >= 0.6 is 0 Å². The summed E-state index contributed by atoms with van der Waals surface area (Å²) in [6.45, 7) is 6.33. The second-order valence-electron chi connectivity index (χ2n) is 6.65. The molecule has 3 heteroatoms. The van der Waals surface area contributed by atoms with E-state index in [1.54, 1.807) is 0 Å². The summed E-state index contributed by atoms with van der Waals surface area (Å²) in [4.78, 5) is 14.5. The van der Waals surface area contributed by atoms with Crippen molar-refractivity contribution in [2.75, 3.05) is 26.2 Å². The molecule has 0 radical (unpaired) electrons. The molecule has 3 nitrogen and oxygen atoms in total. The maximum atomic E-state index is 12.4. The molecule has 2 fully saturated rings. The first-order chi connectivity index (χ1) is 10.2. The molecule has 3 rings (SSSR count). The maximum absolute atomic E-state index is 12.4. The fraction of sp³-hybridized carbons (Fsp3) is 0.611. The minimum atomic E-state index is 0.292. The van der Waals surface area contributed by atoms with Crippen LogP contribution in [-0.4, -0.2) is 37.0 Å². The van der Waals surface area contributed by atoms with Gasteiger partial charge in [-0.05, 0) is 48.8 Å². The van der Waals surface area contributed by atoms with Gasteiger partial charge in [-0.15, -0.1) is 0 Å². The Kier molecular flexibility index (Phi) is 4.29. The fourth-order valence-corrected chi connectivity index (χ4v) is 3.63. The molecule has 1 aromatic carbocycles. The third-order valence-corrected chi connectivity index (χ3v) is 5.30. The zero-order chi connectivity index (χ0) is 14.7. The number of amides is 1. The average Bonchev–Trinajstić information content (AvgIpc) is 2.97. The Balaban J connectivity index is 1.54. The van der Waals surface area contributed by atoms with Gasteiger partial charge in [0.15, 0.2) is 0 Å². The number of likely N-dealkylation sites (tertiary alicyclic amines) is 1. The summed E-state index contributed by atoms with van der Waals surface area (Å²) in [7, 11) is 0. The molecule has 0 saturated carbocycles. The van der Waals surface area contributed by atoms with E-state index in [0.717, 1.165) is 38.2 Å². The van der Waals surface area contributed by atoms with Gasteiger partial charge >= 0.3 is 0 Å². The first kappa shape index (κ1) is 14.6. The Bertz CT molecular complexity index is 478. The number of carbonyl (C=O) groups excluding carboxylic acids is 1. The van der Waals surface area contributed by atoms with Gasteiger partial charge in [0, 0.05) is 19.6 Å². The highest BCUT2D eigenvalue weighted by Gasteiger charge is 2.37. The summed E-state index contributed by atoms with van der Waals surface area (Å²) in [5, 5.41) is 3.47. The molecular weight excluding hydrogens is 260 g/mol. The van der Waals surface area contributed by atoms with E-state index in [0.29, 0.717) is 17.7 Å². The number of nitrogens with zero attached hydrogens (tertiary/aromatic N) is 1. The summed E-state index contributed by atoms with van der Waals surface area (Å²) in [5.41, 5.74) is 2.96. The summed E-state index contributed by atoms with van der Waals surface area (Å²) < 4.78 is 0. The van der Waals surface area contributed by atoms with Gasteiger partial charge in [0.05, 0.1) is 6.42 Å². The molecule has 0 aromatic heterocycles. The van der Waals surface area contributed by atoms with Crippen molar-refractivity contribution in [3.8, 4) is 0 Å². The van der Waals surface area contributed by atoms with Crippen LogP contribution in [0.4, 0.5) is 0 Å². The Morgan fingerprint density at radius 1 is 1.14 bits per heavy atom. The number of hydrogen-bond donors (Lipinski definition) is 1. The molecule has 1 N–H and O–H groups in total. The number of aryl methyl sites for hydroxylation is 1. The van der Waals surface area contributed by atoms with Crippen LogP contribution in [0.15, 0.2) is 24.3 Å². The number of benzene rings is 1. The second-order valence-corrected chi connectivity index (χ2v) is 6.65. The zero-order valence-corrected chi connectivity index (χ0v) is 13.0. The molecule has 114 valence electrons. The van der Waals surface area contributed by atoms with Crippen LogP contribution in [0, 0.1) is 5.41 Å². The highest BCUT2D eigenvalue weighted by atomic mass is 16.2. The van der Waals surface area contributed by atoms with E-state index in [-0.39, 0.29) is 0 Å². The molecule has 21 heavy (non-hydrogen) atoms. The molecule has 1 aromatic rings. The molecule has 0 unspecified atom stereocenters. The molecule has 2 aliphatic rings. The fourth-order valence-electron chi connectivity index (χ4n) is 3.63. The predicted octanol–water partition coefficient (Wildman–Crippen LogP) is 2.39. The minimum absolute atomic E-state index is 0.292. The van der Waals surface area contributed by atoms with Gasteiger partial charge in [-0.25, -0.2) is 0 Å². The summed E-state index contributed by atoms with van der Waals surface area (Å²) >= 11 is 0. The summed E-state index contributed by atoms with van der Waals surface area (Å²) in [6, 6.07) is 8.47. The van der Waals surface area contributed by atoms with Crippen LogP contribution in [0.2, 0.25) is 0 Å². The Labute approximate surface area is 127 Å². The van der Waals surface area contributed by atoms with Gasteiger partial charge in [-0.3, -0.25) is 4.79 Å². The van der Waals surface area contributed by atoms with E-state index < -0.39 is 0 Å². The lowest BCUT2D eigenvalue weighted by Crippen LogP contribution is -2.44. The van der Waals surface area contributed by atoms with Crippen molar-refractivity contribution >= 4 is 5.91 Å². The molecule has 2 aliphatic heterocycles. The van der Waals surface area contributed by atoms with Crippen molar-refractivity contribution in [2.45, 2.75) is 39.0 Å². The monoisotopic (exact) mass is 286 g/mol. The number of carbonyl (C=O) groups is 1. The first-order valence-corrected chi connectivity index (χ1v) is 8.27. The third-order valence-electron chi connectivity index (χ3n) is 5.30. The van der Waals surface area contributed by atoms with Crippen molar-refractivity contribution in [1.82, 2.24) is 10.2 Å². The molecule has 0 atom stereocenters. The Morgan fingerprint density at radius 3 is 2.38 bits per heavy atom. The second kappa shape index (κ2) is 6.18. The third kappa shape index (κ3) is 3.29. The first-order valence-electron chi connectivity index (χ1n) is 8.27. The lowest BCUT2D eigenvalue weighted by atomic mass is 9.78. The topological polar surface area (TPSA) is 32.3 Å². The molecule has 0 bridgehead atoms. The molecule has 1 amide bonds. The average molecular weight is 286 g/mol. The minimum Gasteiger partial charge on any atom is -0.342 e. The lowest BCUT2D eigenvalue weighted by Gasteiger charge is -2.39. The number of piperidine rings is 1. The van der Waals surface area contributed by atoms with Crippen molar-refractivity contribution in [3.63, 3.8) is 0 Å². The van der Waals surface area contributed by atoms with Gasteiger partial charge in [0.25, 0.3) is 0 Å². The smallest absolute Gasteiger partial charge is 0.226 e. The van der Waals surface area contributed by atoms with Crippen LogP contribution in [-0.2, 0) is 17.6 Å². The predicted molar refractivity (Wildman–Crippen MR) is 85.3 cm³/mol. The van der Waals surface area contributed by atoms with Crippen LogP contribution in [0.5, 0.6) is 0 Å². The SMILES string of the molecule is CCc1ccc(CC(=O)N2CCC3(CCNC3)CC2)cc1. The van der Waals surface area contributed by atoms with Crippen LogP contribution in [0.25, 0.3) is 0 Å². The Hall–Kier alpha value is -1.35. The van der Waals surface area contributed by atoms with Gasteiger partial charge in [-0.2, -0.15) is 0 Å². The van der Waals surface area contributed by atoms with E-state index in [1.165, 1.54) is 24.8 Å². The molecule has 2 saturated heterocycles. The van der Waals surface area contributed by atoms with E-state index >= 15 is 0 Å². The van der Waals surface area contributed by atoms with E-state index in [4.69, 9.17) is 0 Å². The molecule has 0 aliphatic carbocycles. The number of rotatable bonds is 3. The van der Waals surface area contributed by atoms with E-state index in [2.05, 4.69) is 41.4 Å². The van der Waals surface area contributed by atoms with Crippen molar-refractivity contribution in [3.05, 3.63) is 35.4 Å². The van der Waals surface area contributed by atoms with Crippen LogP contribution in [0.1, 0.15) is 37.3 Å². The normalized spacial score (nSPS) is 20.9. The zero-order valence-electron chi connectivity index (χ0n) is 13.0. The van der Waals surface area contributed by atoms with Gasteiger partial charge in [-0.1, -0.05) is 31.2 Å². The quantitative estimate of drug-likeness (QED) is 0.925. The molecular formula is C18H26N2O. The maximum Gasteiger partial charge on any atom is 0.226 e. The molecule has 1 spiro atoms. The number of nitrogens with one attached hydrogen (secondary N) is 1. The largest absolute Gasteiger partial charge is 0.342 e. The van der Waals surface area contributed by atoms with Gasteiger partial charge in [0.1, 0.15) is 0 Å². The van der Waals surface area contributed by atoms with Crippen molar-refractivity contribution in [2.24, 2.45) is 5.41 Å². The van der Waals surface area contributed by atoms with Crippen LogP contribution < -0.4 is 5.32 Å². The van der Waals surface area contributed by atoms with Crippen molar-refractivity contribution < 1.29 is 4.79 Å². The summed E-state index contributed by atoms with van der Waals surface area (Å²) in [5.74, 6) is 0.292. The van der Waals surface area contributed by atoms with Crippen molar-refractivity contribution in [1.29, 1.82) is 0 Å². The summed E-state index contributed by atoms with van der Waals surface area (Å²) in [6.07, 6.45) is 5.22. The molecule has 2 heterocycles. The Morgan fingerprint density at radius 2 is 1.81 bits per heavy atom. The lowest BCUT2D eigenvalue weighted by molar-refractivity contribution is -0.132. The van der Waals surface area contributed by atoms with E-state index in [1.807, 2.05) is 0 Å².